The fourth-order valence-electron chi connectivity index (χ4n) is 3.52. The van der Waals surface area contributed by atoms with Crippen molar-refractivity contribution in [3.8, 4) is 0 Å². The Hall–Kier alpha value is -2.06. The zero-order valence-corrected chi connectivity index (χ0v) is 16.9. The third-order valence-electron chi connectivity index (χ3n) is 4.84. The topological polar surface area (TPSA) is 52.8 Å². The maximum Gasteiger partial charge on any atom is 0.401 e. The van der Waals surface area contributed by atoms with Gasteiger partial charge in [0.1, 0.15) is 5.82 Å². The molecule has 1 aliphatic rings. The molecule has 1 saturated heterocycles. The number of nitrogens with zero attached hydrogens (tertiary/aromatic N) is 3. The summed E-state index contributed by atoms with van der Waals surface area (Å²) in [6, 6.07) is 3.54. The molecule has 0 spiro atoms. The van der Waals surface area contributed by atoms with Gasteiger partial charge in [-0.1, -0.05) is 11.6 Å². The summed E-state index contributed by atoms with van der Waals surface area (Å²) in [6.07, 6.45) is -1.45. The molecule has 0 aromatic heterocycles. The van der Waals surface area contributed by atoms with Gasteiger partial charge in [0.25, 0.3) is 0 Å². The van der Waals surface area contributed by atoms with Crippen molar-refractivity contribution < 1.29 is 18.0 Å². The summed E-state index contributed by atoms with van der Waals surface area (Å²) in [5.41, 5.74) is 9.28. The number of carbonyl (C=O) groups excluding carboxylic acids is 1. The molecule has 0 radical (unpaired) electrons. The Morgan fingerprint density at radius 3 is 2.32 bits per heavy atom. The van der Waals surface area contributed by atoms with E-state index in [0.717, 1.165) is 28.8 Å². The van der Waals surface area contributed by atoms with E-state index in [1.807, 2.05) is 56.0 Å². The van der Waals surface area contributed by atoms with Crippen LogP contribution in [0, 0.1) is 6.92 Å². The Kier molecular flexibility index (Phi) is 7.11. The summed E-state index contributed by atoms with van der Waals surface area (Å²) < 4.78 is 37.9. The Labute approximate surface area is 164 Å². The molecule has 0 bridgehead atoms. The van der Waals surface area contributed by atoms with Crippen molar-refractivity contribution in [2.75, 3.05) is 46.8 Å². The molecule has 0 amide bonds. The minimum absolute atomic E-state index is 0.253. The first-order valence-corrected chi connectivity index (χ1v) is 9.30. The number of rotatable bonds is 6. The van der Waals surface area contributed by atoms with Gasteiger partial charge >= 0.3 is 6.18 Å². The van der Waals surface area contributed by atoms with Crippen LogP contribution in [0.25, 0.3) is 6.08 Å². The molecule has 1 fully saturated rings. The van der Waals surface area contributed by atoms with Crippen molar-refractivity contribution in [1.29, 1.82) is 0 Å². The molecule has 1 aromatic carbocycles. The zero-order valence-electron chi connectivity index (χ0n) is 16.9. The maximum atomic E-state index is 12.6. The molecule has 0 saturated carbocycles. The summed E-state index contributed by atoms with van der Waals surface area (Å²) in [6.45, 7) is 4.53. The molecule has 1 unspecified atom stereocenters. The maximum absolute atomic E-state index is 12.6. The normalized spacial score (nSPS) is 17.6. The van der Waals surface area contributed by atoms with Gasteiger partial charge in [-0.2, -0.15) is 13.2 Å². The number of halogens is 3. The molecule has 1 heterocycles. The fraction of sp³-hybridized carbons (Fsp3) is 0.550. The van der Waals surface area contributed by atoms with Gasteiger partial charge in [-0.3, -0.25) is 9.69 Å². The molecular weight excluding hydrogens is 369 g/mol. The Balaban J connectivity index is 2.33. The minimum Gasteiger partial charge on any atom is -0.364 e. The smallest absolute Gasteiger partial charge is 0.364 e. The molecule has 5 nitrogen and oxygen atoms in total. The lowest BCUT2D eigenvalue weighted by Gasteiger charge is -2.39. The van der Waals surface area contributed by atoms with Gasteiger partial charge in [-0.05, 0) is 37.1 Å². The van der Waals surface area contributed by atoms with Crippen LogP contribution in [0.15, 0.2) is 18.0 Å². The largest absolute Gasteiger partial charge is 0.401 e. The van der Waals surface area contributed by atoms with E-state index in [4.69, 9.17) is 5.73 Å². The van der Waals surface area contributed by atoms with Crippen molar-refractivity contribution in [3.63, 3.8) is 0 Å². The SMILES string of the molecule is Cc1cc(C=O)c(/C=C(\N(C)C)N2CCN(CC(F)(F)F)CC2)c(C(C)N)c1. The van der Waals surface area contributed by atoms with Gasteiger partial charge < -0.3 is 15.5 Å². The highest BCUT2D eigenvalue weighted by atomic mass is 19.4. The molecule has 8 heteroatoms. The molecule has 2 rings (SSSR count). The molecule has 1 aliphatic heterocycles. The summed E-state index contributed by atoms with van der Waals surface area (Å²) in [5, 5.41) is 0. The third-order valence-corrected chi connectivity index (χ3v) is 4.84. The monoisotopic (exact) mass is 398 g/mol. The Morgan fingerprint density at radius 2 is 1.86 bits per heavy atom. The van der Waals surface area contributed by atoms with E-state index in [1.165, 1.54) is 4.90 Å². The molecule has 0 aliphatic carbocycles. The number of hydrogen-bond acceptors (Lipinski definition) is 5. The van der Waals surface area contributed by atoms with E-state index >= 15 is 0 Å². The highest BCUT2D eigenvalue weighted by Crippen LogP contribution is 2.26. The molecule has 156 valence electrons. The van der Waals surface area contributed by atoms with Crippen molar-refractivity contribution in [1.82, 2.24) is 14.7 Å². The Morgan fingerprint density at radius 1 is 1.25 bits per heavy atom. The third kappa shape index (κ3) is 5.72. The predicted molar refractivity (Wildman–Crippen MR) is 105 cm³/mol. The zero-order chi connectivity index (χ0) is 21.1. The van der Waals surface area contributed by atoms with E-state index in [-0.39, 0.29) is 6.04 Å². The lowest BCUT2D eigenvalue weighted by Crippen LogP contribution is -2.50. The number of piperazine rings is 1. The van der Waals surface area contributed by atoms with E-state index in [1.54, 1.807) is 0 Å². The lowest BCUT2D eigenvalue weighted by molar-refractivity contribution is -0.148. The van der Waals surface area contributed by atoms with Gasteiger partial charge in [0, 0.05) is 51.9 Å². The summed E-state index contributed by atoms with van der Waals surface area (Å²) in [7, 11) is 3.77. The number of carbonyl (C=O) groups is 1. The van der Waals surface area contributed by atoms with Crippen LogP contribution in [-0.2, 0) is 0 Å². The van der Waals surface area contributed by atoms with Crippen LogP contribution in [0.3, 0.4) is 0 Å². The van der Waals surface area contributed by atoms with Gasteiger partial charge in [0.2, 0.25) is 0 Å². The highest BCUT2D eigenvalue weighted by Gasteiger charge is 2.32. The number of aryl methyl sites for hydroxylation is 1. The summed E-state index contributed by atoms with van der Waals surface area (Å²) in [5.74, 6) is 0.848. The van der Waals surface area contributed by atoms with Crippen LogP contribution in [0.4, 0.5) is 13.2 Å². The quantitative estimate of drug-likeness (QED) is 0.747. The molecule has 1 aromatic rings. The fourth-order valence-corrected chi connectivity index (χ4v) is 3.52. The second kappa shape index (κ2) is 8.96. The highest BCUT2D eigenvalue weighted by molar-refractivity contribution is 5.84. The molecule has 2 N–H and O–H groups in total. The van der Waals surface area contributed by atoms with Crippen molar-refractivity contribution >= 4 is 12.4 Å². The van der Waals surface area contributed by atoms with Gasteiger partial charge in [-0.15, -0.1) is 0 Å². The number of alkyl halides is 3. The average molecular weight is 398 g/mol. The first-order valence-electron chi connectivity index (χ1n) is 9.30. The van der Waals surface area contributed by atoms with E-state index < -0.39 is 12.7 Å². The number of hydrogen-bond donors (Lipinski definition) is 1. The number of nitrogens with two attached hydrogens (primary N) is 1. The molecule has 28 heavy (non-hydrogen) atoms. The standard InChI is InChI=1S/C20H29F3N4O/c1-14-9-16(12-28)18(17(10-14)15(2)24)11-19(25(3)4)27-7-5-26(6-8-27)13-20(21,22)23/h9-12,15H,5-8,13,24H2,1-4H3/b19-11+. The van der Waals surface area contributed by atoms with Crippen molar-refractivity contribution in [2.24, 2.45) is 5.73 Å². The Bertz CT molecular complexity index is 721. The van der Waals surface area contributed by atoms with Gasteiger partial charge in [0.05, 0.1) is 6.54 Å². The van der Waals surface area contributed by atoms with Crippen LogP contribution in [0.2, 0.25) is 0 Å². The van der Waals surface area contributed by atoms with Crippen LogP contribution in [0.5, 0.6) is 0 Å². The molecular formula is C20H29F3N4O. The van der Waals surface area contributed by atoms with E-state index in [2.05, 4.69) is 0 Å². The number of benzene rings is 1. The second-order valence-electron chi connectivity index (χ2n) is 7.54. The summed E-state index contributed by atoms with van der Waals surface area (Å²) >= 11 is 0. The minimum atomic E-state index is -4.19. The van der Waals surface area contributed by atoms with Gasteiger partial charge in [0.15, 0.2) is 6.29 Å². The predicted octanol–water partition coefficient (Wildman–Crippen LogP) is 2.87. The van der Waals surface area contributed by atoms with Crippen LogP contribution in [0.1, 0.15) is 40.0 Å². The molecule has 1 atom stereocenters. The van der Waals surface area contributed by atoms with Crippen LogP contribution in [-0.4, -0.2) is 74.0 Å². The summed E-state index contributed by atoms with van der Waals surface area (Å²) in [4.78, 5) is 17.0. The van der Waals surface area contributed by atoms with Crippen molar-refractivity contribution in [3.05, 3.63) is 40.2 Å². The van der Waals surface area contributed by atoms with Crippen LogP contribution < -0.4 is 5.73 Å². The number of aldehydes is 1. The lowest BCUT2D eigenvalue weighted by atomic mass is 9.94. The van der Waals surface area contributed by atoms with Crippen molar-refractivity contribution in [2.45, 2.75) is 26.1 Å². The first-order chi connectivity index (χ1) is 13.0. The van der Waals surface area contributed by atoms with E-state index in [0.29, 0.717) is 31.7 Å². The van der Waals surface area contributed by atoms with E-state index in [9.17, 15) is 18.0 Å². The first kappa shape index (κ1) is 22.2. The van der Waals surface area contributed by atoms with Crippen LogP contribution >= 0.6 is 0 Å². The van der Waals surface area contributed by atoms with Gasteiger partial charge in [-0.25, -0.2) is 0 Å². The average Bonchev–Trinajstić information content (AvgIpc) is 2.59. The second-order valence-corrected chi connectivity index (χ2v) is 7.54.